The highest BCUT2D eigenvalue weighted by molar-refractivity contribution is 5.55. The molecule has 0 radical (unpaired) electrons. The smallest absolute Gasteiger partial charge is 0.232 e. The van der Waals surface area contributed by atoms with Crippen LogP contribution in [0, 0.1) is 0 Å². The molecule has 2 aromatic heterocycles. The van der Waals surface area contributed by atoms with Crippen molar-refractivity contribution < 1.29 is 0 Å². The van der Waals surface area contributed by atoms with Crippen molar-refractivity contribution >= 4 is 17.6 Å². The Labute approximate surface area is 160 Å². The Morgan fingerprint density at radius 3 is 2.56 bits per heavy atom. The van der Waals surface area contributed by atoms with Crippen LogP contribution in [0.4, 0.5) is 17.6 Å². The van der Waals surface area contributed by atoms with Gasteiger partial charge in [0.05, 0.1) is 12.2 Å². The molecule has 3 rings (SSSR count). The maximum Gasteiger partial charge on any atom is 0.232 e. The van der Waals surface area contributed by atoms with Gasteiger partial charge in [0.1, 0.15) is 5.82 Å². The van der Waals surface area contributed by atoms with E-state index in [4.69, 9.17) is 0 Å². The van der Waals surface area contributed by atoms with Crippen LogP contribution in [0.3, 0.4) is 0 Å². The summed E-state index contributed by atoms with van der Waals surface area (Å²) in [6, 6.07) is 14.2. The van der Waals surface area contributed by atoms with Gasteiger partial charge < -0.3 is 10.6 Å². The molecule has 3 aromatic rings. The minimum atomic E-state index is 0.469. The number of nitrogens with zero attached hydrogens (tertiary/aromatic N) is 4. The van der Waals surface area contributed by atoms with Crippen LogP contribution >= 0.6 is 0 Å². The van der Waals surface area contributed by atoms with E-state index in [2.05, 4.69) is 63.5 Å². The Hall–Kier alpha value is -3.02. The molecule has 1 aromatic carbocycles. The summed E-state index contributed by atoms with van der Waals surface area (Å²) < 4.78 is 0. The van der Waals surface area contributed by atoms with E-state index < -0.39 is 0 Å². The lowest BCUT2D eigenvalue weighted by Crippen LogP contribution is -2.10. The number of anilines is 3. The van der Waals surface area contributed by atoms with Gasteiger partial charge in [-0.1, -0.05) is 39.0 Å². The molecule has 0 bridgehead atoms. The lowest BCUT2D eigenvalue weighted by molar-refractivity contribution is 0.818. The lowest BCUT2D eigenvalue weighted by Gasteiger charge is -2.12. The van der Waals surface area contributed by atoms with Gasteiger partial charge in [-0.05, 0) is 42.2 Å². The highest BCUT2D eigenvalue weighted by atomic mass is 15.2. The Balaban J connectivity index is 1.79. The minimum Gasteiger partial charge on any atom is -0.348 e. The van der Waals surface area contributed by atoms with Gasteiger partial charge in [0.25, 0.3) is 0 Å². The number of benzene rings is 1. The van der Waals surface area contributed by atoms with E-state index in [0.29, 0.717) is 24.4 Å². The van der Waals surface area contributed by atoms with Crippen LogP contribution in [-0.2, 0) is 13.0 Å². The molecule has 0 spiro atoms. The summed E-state index contributed by atoms with van der Waals surface area (Å²) in [5, 5.41) is 6.57. The van der Waals surface area contributed by atoms with Crippen LogP contribution in [0.25, 0.3) is 0 Å². The molecule has 140 valence electrons. The summed E-state index contributed by atoms with van der Waals surface area (Å²) in [4.78, 5) is 17.9. The van der Waals surface area contributed by atoms with Crippen molar-refractivity contribution in [1.29, 1.82) is 0 Å². The number of aromatic nitrogens is 4. The molecule has 0 aliphatic rings. The maximum absolute atomic E-state index is 4.56. The molecule has 6 nitrogen and oxygen atoms in total. The number of rotatable bonds is 8. The molecular formula is C21H26N6. The zero-order valence-corrected chi connectivity index (χ0v) is 16.1. The van der Waals surface area contributed by atoms with E-state index >= 15 is 0 Å². The van der Waals surface area contributed by atoms with Gasteiger partial charge in [0, 0.05) is 18.3 Å². The highest BCUT2D eigenvalue weighted by Gasteiger charge is 2.08. The fourth-order valence-electron chi connectivity index (χ4n) is 2.67. The van der Waals surface area contributed by atoms with Crippen LogP contribution in [0.2, 0.25) is 0 Å². The van der Waals surface area contributed by atoms with Crippen molar-refractivity contribution in [1.82, 2.24) is 19.9 Å². The second kappa shape index (κ2) is 9.07. The third kappa shape index (κ3) is 5.48. The van der Waals surface area contributed by atoms with Crippen molar-refractivity contribution in [3.05, 3.63) is 65.7 Å². The third-order valence-corrected chi connectivity index (χ3v) is 4.12. The van der Waals surface area contributed by atoms with E-state index in [-0.39, 0.29) is 0 Å². The standard InChI is InChI=1S/C21H26N6/c1-4-8-19-25-20(23-14-18-10-5-6-12-22-18)27-21(26-19)24-17-11-7-9-16(13-17)15(2)3/h5-7,9-13,15H,4,8,14H2,1-3H3,(H2,23,24,25,26,27). The molecule has 0 aliphatic carbocycles. The summed E-state index contributed by atoms with van der Waals surface area (Å²) in [5.74, 6) is 2.36. The first-order chi connectivity index (χ1) is 13.1. The number of nitrogens with one attached hydrogen (secondary N) is 2. The fourth-order valence-corrected chi connectivity index (χ4v) is 2.67. The third-order valence-electron chi connectivity index (χ3n) is 4.12. The Bertz CT molecular complexity index is 864. The minimum absolute atomic E-state index is 0.469. The van der Waals surface area contributed by atoms with E-state index in [1.807, 2.05) is 30.3 Å². The molecule has 0 amide bonds. The summed E-state index contributed by atoms with van der Waals surface area (Å²) in [5.41, 5.74) is 3.19. The summed E-state index contributed by atoms with van der Waals surface area (Å²) >= 11 is 0. The summed E-state index contributed by atoms with van der Waals surface area (Å²) in [6.45, 7) is 7.05. The van der Waals surface area contributed by atoms with Gasteiger partial charge in [-0.3, -0.25) is 4.98 Å². The molecule has 2 heterocycles. The monoisotopic (exact) mass is 362 g/mol. The Kier molecular flexibility index (Phi) is 6.30. The zero-order chi connectivity index (χ0) is 19.1. The van der Waals surface area contributed by atoms with Crippen molar-refractivity contribution in [2.75, 3.05) is 10.6 Å². The first-order valence-electron chi connectivity index (χ1n) is 9.39. The number of hydrogen-bond donors (Lipinski definition) is 2. The largest absolute Gasteiger partial charge is 0.348 e. The lowest BCUT2D eigenvalue weighted by atomic mass is 10.0. The van der Waals surface area contributed by atoms with Crippen molar-refractivity contribution in [2.45, 2.75) is 46.1 Å². The summed E-state index contributed by atoms with van der Waals surface area (Å²) in [6.07, 6.45) is 3.56. The quantitative estimate of drug-likeness (QED) is 0.605. The topological polar surface area (TPSA) is 75.6 Å². The van der Waals surface area contributed by atoms with Gasteiger partial charge in [-0.15, -0.1) is 0 Å². The first kappa shape index (κ1) is 18.8. The van der Waals surface area contributed by atoms with Crippen LogP contribution in [0.15, 0.2) is 48.7 Å². The number of hydrogen-bond acceptors (Lipinski definition) is 6. The average Bonchev–Trinajstić information content (AvgIpc) is 2.67. The molecule has 0 unspecified atom stereocenters. The van der Waals surface area contributed by atoms with Crippen LogP contribution in [0.5, 0.6) is 0 Å². The molecular weight excluding hydrogens is 336 g/mol. The van der Waals surface area contributed by atoms with Crippen molar-refractivity contribution in [2.24, 2.45) is 0 Å². The predicted octanol–water partition coefficient (Wildman–Crippen LogP) is 4.70. The van der Waals surface area contributed by atoms with Crippen LogP contribution < -0.4 is 10.6 Å². The molecule has 27 heavy (non-hydrogen) atoms. The van der Waals surface area contributed by atoms with Crippen LogP contribution in [-0.4, -0.2) is 19.9 Å². The number of pyridine rings is 1. The molecule has 0 saturated heterocycles. The van der Waals surface area contributed by atoms with Crippen molar-refractivity contribution in [3.8, 4) is 0 Å². The van der Waals surface area contributed by atoms with Crippen molar-refractivity contribution in [3.63, 3.8) is 0 Å². The average molecular weight is 362 g/mol. The number of aryl methyl sites for hydroxylation is 1. The first-order valence-corrected chi connectivity index (χ1v) is 9.39. The summed E-state index contributed by atoms with van der Waals surface area (Å²) in [7, 11) is 0. The highest BCUT2D eigenvalue weighted by Crippen LogP contribution is 2.21. The second-order valence-electron chi connectivity index (χ2n) is 6.73. The Morgan fingerprint density at radius 2 is 1.81 bits per heavy atom. The van der Waals surface area contributed by atoms with Gasteiger partial charge in [-0.25, -0.2) is 0 Å². The maximum atomic E-state index is 4.56. The van der Waals surface area contributed by atoms with Gasteiger partial charge in [0.2, 0.25) is 11.9 Å². The van der Waals surface area contributed by atoms with E-state index in [1.165, 1.54) is 5.56 Å². The molecule has 0 aliphatic heterocycles. The molecule has 2 N–H and O–H groups in total. The van der Waals surface area contributed by atoms with Gasteiger partial charge in [-0.2, -0.15) is 15.0 Å². The molecule has 0 atom stereocenters. The van der Waals surface area contributed by atoms with E-state index in [0.717, 1.165) is 30.0 Å². The predicted molar refractivity (Wildman–Crippen MR) is 109 cm³/mol. The SMILES string of the molecule is CCCc1nc(NCc2ccccn2)nc(Nc2cccc(C(C)C)c2)n1. The molecule has 0 fully saturated rings. The van der Waals surface area contributed by atoms with Gasteiger partial charge >= 0.3 is 0 Å². The zero-order valence-electron chi connectivity index (χ0n) is 16.1. The van der Waals surface area contributed by atoms with E-state index in [9.17, 15) is 0 Å². The molecule has 6 heteroatoms. The van der Waals surface area contributed by atoms with Crippen LogP contribution in [0.1, 0.15) is 50.2 Å². The van der Waals surface area contributed by atoms with E-state index in [1.54, 1.807) is 6.20 Å². The van der Waals surface area contributed by atoms with Gasteiger partial charge in [0.15, 0.2) is 0 Å². The Morgan fingerprint density at radius 1 is 0.963 bits per heavy atom. The normalized spacial score (nSPS) is 10.8. The second-order valence-corrected chi connectivity index (χ2v) is 6.73. The fraction of sp³-hybridized carbons (Fsp3) is 0.333. The molecule has 0 saturated carbocycles.